The molecule has 0 saturated heterocycles. The number of methoxy groups -OCH3 is 1. The van der Waals surface area contributed by atoms with Crippen LogP contribution in [-0.4, -0.2) is 30.0 Å². The second-order valence-corrected chi connectivity index (χ2v) is 4.46. The zero-order chi connectivity index (χ0) is 12.1. The highest BCUT2D eigenvalue weighted by Crippen LogP contribution is 2.24. The van der Waals surface area contributed by atoms with Crippen LogP contribution in [0.4, 0.5) is 0 Å². The van der Waals surface area contributed by atoms with E-state index >= 15 is 0 Å². The van der Waals surface area contributed by atoms with Crippen LogP contribution in [0.15, 0.2) is 0 Å². The molecule has 0 aliphatic rings. The lowest BCUT2D eigenvalue weighted by Gasteiger charge is -2.07. The second kappa shape index (κ2) is 6.23. The van der Waals surface area contributed by atoms with Gasteiger partial charge in [0, 0.05) is 32.8 Å². The SMILES string of the molecule is COCCNCc1c(C(C)C)nn(C)c1Cl. The van der Waals surface area contributed by atoms with Gasteiger partial charge in [-0.3, -0.25) is 4.68 Å². The maximum atomic E-state index is 6.20. The number of nitrogens with zero attached hydrogens (tertiary/aromatic N) is 2. The van der Waals surface area contributed by atoms with Crippen LogP contribution in [0.5, 0.6) is 0 Å². The number of hydrogen-bond donors (Lipinski definition) is 1. The van der Waals surface area contributed by atoms with Gasteiger partial charge in [0.25, 0.3) is 0 Å². The lowest BCUT2D eigenvalue weighted by atomic mass is 10.1. The molecule has 0 fully saturated rings. The Morgan fingerprint density at radius 1 is 1.50 bits per heavy atom. The van der Waals surface area contributed by atoms with Crippen LogP contribution in [0.25, 0.3) is 0 Å². The van der Waals surface area contributed by atoms with E-state index in [4.69, 9.17) is 16.3 Å². The molecule has 92 valence electrons. The van der Waals surface area contributed by atoms with Crippen molar-refractivity contribution in [2.45, 2.75) is 26.3 Å². The normalized spacial score (nSPS) is 11.4. The molecule has 0 aliphatic heterocycles. The van der Waals surface area contributed by atoms with Crippen molar-refractivity contribution in [3.05, 3.63) is 16.4 Å². The molecule has 5 heteroatoms. The molecule has 0 bridgehead atoms. The van der Waals surface area contributed by atoms with Crippen LogP contribution in [0.3, 0.4) is 0 Å². The molecule has 1 rings (SSSR count). The average Bonchev–Trinajstić information content (AvgIpc) is 2.52. The highest BCUT2D eigenvalue weighted by Gasteiger charge is 2.16. The molecule has 0 radical (unpaired) electrons. The van der Waals surface area contributed by atoms with E-state index in [9.17, 15) is 0 Å². The summed E-state index contributed by atoms with van der Waals surface area (Å²) in [5, 5.41) is 8.43. The largest absolute Gasteiger partial charge is 0.383 e. The average molecular weight is 246 g/mol. The van der Waals surface area contributed by atoms with E-state index in [1.165, 1.54) is 0 Å². The van der Waals surface area contributed by atoms with E-state index in [0.29, 0.717) is 17.7 Å². The smallest absolute Gasteiger partial charge is 0.131 e. The van der Waals surface area contributed by atoms with E-state index in [0.717, 1.165) is 24.3 Å². The van der Waals surface area contributed by atoms with Gasteiger partial charge < -0.3 is 10.1 Å². The minimum absolute atomic E-state index is 0.387. The van der Waals surface area contributed by atoms with Crippen molar-refractivity contribution in [1.29, 1.82) is 0 Å². The van der Waals surface area contributed by atoms with Crippen molar-refractivity contribution in [2.75, 3.05) is 20.3 Å². The van der Waals surface area contributed by atoms with E-state index in [1.807, 2.05) is 7.05 Å². The Balaban J connectivity index is 2.69. The Morgan fingerprint density at radius 2 is 2.19 bits per heavy atom. The molecule has 0 aliphatic carbocycles. The molecule has 0 saturated carbocycles. The molecule has 0 atom stereocenters. The zero-order valence-electron chi connectivity index (χ0n) is 10.4. The molecule has 1 aromatic rings. The van der Waals surface area contributed by atoms with Crippen molar-refractivity contribution in [1.82, 2.24) is 15.1 Å². The van der Waals surface area contributed by atoms with Gasteiger partial charge in [-0.05, 0) is 5.92 Å². The molecular weight excluding hydrogens is 226 g/mol. The fourth-order valence-electron chi connectivity index (χ4n) is 1.58. The summed E-state index contributed by atoms with van der Waals surface area (Å²) in [4.78, 5) is 0. The Labute approximate surface area is 102 Å². The first kappa shape index (κ1) is 13.5. The third kappa shape index (κ3) is 3.20. The minimum atomic E-state index is 0.387. The summed E-state index contributed by atoms with van der Waals surface area (Å²) in [5.41, 5.74) is 2.16. The predicted octanol–water partition coefficient (Wildman–Crippen LogP) is 1.93. The Bertz CT molecular complexity index is 336. The fraction of sp³-hybridized carbons (Fsp3) is 0.727. The topological polar surface area (TPSA) is 39.1 Å². The number of aryl methyl sites for hydroxylation is 1. The van der Waals surface area contributed by atoms with Gasteiger partial charge >= 0.3 is 0 Å². The Hall–Kier alpha value is -0.580. The molecule has 4 nitrogen and oxygen atoms in total. The van der Waals surface area contributed by atoms with Crippen molar-refractivity contribution in [3.63, 3.8) is 0 Å². The highest BCUT2D eigenvalue weighted by atomic mass is 35.5. The summed E-state index contributed by atoms with van der Waals surface area (Å²) in [7, 11) is 3.56. The number of rotatable bonds is 6. The molecule has 0 spiro atoms. The Kier molecular flexibility index (Phi) is 5.25. The van der Waals surface area contributed by atoms with Crippen molar-refractivity contribution >= 4 is 11.6 Å². The van der Waals surface area contributed by atoms with Gasteiger partial charge in [0.2, 0.25) is 0 Å². The van der Waals surface area contributed by atoms with Gasteiger partial charge in [0.05, 0.1) is 12.3 Å². The molecule has 1 heterocycles. The van der Waals surface area contributed by atoms with Gasteiger partial charge in [0.15, 0.2) is 0 Å². The van der Waals surface area contributed by atoms with Crippen LogP contribution >= 0.6 is 11.6 Å². The first-order valence-electron chi connectivity index (χ1n) is 5.48. The molecule has 0 unspecified atom stereocenters. The molecule has 0 aromatic carbocycles. The number of aromatic nitrogens is 2. The summed E-state index contributed by atoms with van der Waals surface area (Å²) in [5.74, 6) is 0.387. The molecule has 1 N–H and O–H groups in total. The minimum Gasteiger partial charge on any atom is -0.383 e. The summed E-state index contributed by atoms with van der Waals surface area (Å²) >= 11 is 6.20. The van der Waals surface area contributed by atoms with E-state index < -0.39 is 0 Å². The van der Waals surface area contributed by atoms with E-state index in [1.54, 1.807) is 11.8 Å². The van der Waals surface area contributed by atoms with Gasteiger partial charge in [-0.2, -0.15) is 5.10 Å². The summed E-state index contributed by atoms with van der Waals surface area (Å²) in [6.45, 7) is 6.51. The van der Waals surface area contributed by atoms with Crippen LogP contribution in [0, 0.1) is 0 Å². The van der Waals surface area contributed by atoms with Crippen molar-refractivity contribution in [2.24, 2.45) is 7.05 Å². The van der Waals surface area contributed by atoms with Gasteiger partial charge in [-0.1, -0.05) is 25.4 Å². The predicted molar refractivity (Wildman–Crippen MR) is 65.9 cm³/mol. The van der Waals surface area contributed by atoms with Gasteiger partial charge in [-0.25, -0.2) is 0 Å². The van der Waals surface area contributed by atoms with Crippen LogP contribution in [0.2, 0.25) is 5.15 Å². The van der Waals surface area contributed by atoms with Crippen molar-refractivity contribution < 1.29 is 4.74 Å². The zero-order valence-corrected chi connectivity index (χ0v) is 11.1. The van der Waals surface area contributed by atoms with Crippen LogP contribution < -0.4 is 5.32 Å². The molecule has 1 aromatic heterocycles. The summed E-state index contributed by atoms with van der Waals surface area (Å²) < 4.78 is 6.70. The first-order valence-corrected chi connectivity index (χ1v) is 5.86. The monoisotopic (exact) mass is 245 g/mol. The Morgan fingerprint density at radius 3 is 2.75 bits per heavy atom. The lowest BCUT2D eigenvalue weighted by Crippen LogP contribution is -2.19. The third-order valence-corrected chi connectivity index (χ3v) is 2.90. The second-order valence-electron chi connectivity index (χ2n) is 4.10. The number of nitrogens with one attached hydrogen (secondary N) is 1. The quantitative estimate of drug-likeness (QED) is 0.779. The van der Waals surface area contributed by atoms with Crippen LogP contribution in [-0.2, 0) is 18.3 Å². The van der Waals surface area contributed by atoms with Gasteiger partial charge in [-0.15, -0.1) is 0 Å². The number of ether oxygens (including phenoxy) is 1. The summed E-state index contributed by atoms with van der Waals surface area (Å²) in [6, 6.07) is 0. The molecular formula is C11H20ClN3O. The lowest BCUT2D eigenvalue weighted by molar-refractivity contribution is 0.199. The number of hydrogen-bond acceptors (Lipinski definition) is 3. The standard InChI is InChI=1S/C11H20ClN3O/c1-8(2)10-9(7-13-5-6-16-4)11(12)15(3)14-10/h8,13H,5-7H2,1-4H3. The maximum absolute atomic E-state index is 6.20. The number of halogens is 1. The molecule has 0 amide bonds. The maximum Gasteiger partial charge on any atom is 0.131 e. The van der Waals surface area contributed by atoms with E-state index in [-0.39, 0.29) is 0 Å². The van der Waals surface area contributed by atoms with Gasteiger partial charge in [0.1, 0.15) is 5.15 Å². The van der Waals surface area contributed by atoms with Crippen molar-refractivity contribution in [3.8, 4) is 0 Å². The van der Waals surface area contributed by atoms with Crippen LogP contribution in [0.1, 0.15) is 31.0 Å². The van der Waals surface area contributed by atoms with E-state index in [2.05, 4.69) is 24.3 Å². The third-order valence-electron chi connectivity index (χ3n) is 2.43. The fourth-order valence-corrected chi connectivity index (χ4v) is 1.78. The first-order chi connectivity index (χ1) is 7.57. The highest BCUT2D eigenvalue weighted by molar-refractivity contribution is 6.30. The molecule has 16 heavy (non-hydrogen) atoms. The summed E-state index contributed by atoms with van der Waals surface area (Å²) in [6.07, 6.45) is 0.